The fourth-order valence-electron chi connectivity index (χ4n) is 0.906. The van der Waals surface area contributed by atoms with Gasteiger partial charge in [0.15, 0.2) is 0 Å². The number of hydrogen-bond donors (Lipinski definition) is 0. The van der Waals surface area contributed by atoms with Crippen molar-refractivity contribution in [2.24, 2.45) is 0 Å². The van der Waals surface area contributed by atoms with E-state index >= 15 is 0 Å². The van der Waals surface area contributed by atoms with E-state index in [1.807, 2.05) is 0 Å². The number of nitrogens with zero attached hydrogens (tertiary/aromatic N) is 1. The van der Waals surface area contributed by atoms with Crippen LogP contribution in [-0.2, 0) is 10.0 Å². The van der Waals surface area contributed by atoms with E-state index < -0.39 is 10.0 Å². The van der Waals surface area contributed by atoms with Gasteiger partial charge >= 0.3 is 0 Å². The summed E-state index contributed by atoms with van der Waals surface area (Å²) in [7, 11) is -1.37. The van der Waals surface area contributed by atoms with Crippen molar-refractivity contribution >= 4 is 10.0 Å². The zero-order valence-electron chi connectivity index (χ0n) is 6.66. The summed E-state index contributed by atoms with van der Waals surface area (Å²) in [5.41, 5.74) is 0. The highest BCUT2D eigenvalue weighted by Crippen LogP contribution is 2.30. The molecule has 0 amide bonds. The maximum atomic E-state index is 11.4. The molecule has 64 valence electrons. The maximum Gasteiger partial charge on any atom is 0.217 e. The first kappa shape index (κ1) is 8.74. The van der Waals surface area contributed by atoms with Crippen molar-refractivity contribution in [1.29, 1.82) is 0 Å². The minimum Gasteiger partial charge on any atom is -0.212 e. The van der Waals surface area contributed by atoms with Gasteiger partial charge < -0.3 is 0 Å². The number of rotatable bonds is 4. The fourth-order valence-corrected chi connectivity index (χ4v) is 2.46. The van der Waals surface area contributed by atoms with Gasteiger partial charge in [-0.05, 0) is 12.8 Å². The summed E-state index contributed by atoms with van der Waals surface area (Å²) < 4.78 is 24.1. The Morgan fingerprint density at radius 2 is 2.18 bits per heavy atom. The van der Waals surface area contributed by atoms with Crippen molar-refractivity contribution in [2.75, 3.05) is 13.6 Å². The van der Waals surface area contributed by atoms with Crippen molar-refractivity contribution in [3.63, 3.8) is 0 Å². The molecule has 4 heteroatoms. The van der Waals surface area contributed by atoms with E-state index in [1.54, 1.807) is 13.1 Å². The lowest BCUT2D eigenvalue weighted by Gasteiger charge is -2.13. The zero-order chi connectivity index (χ0) is 8.48. The van der Waals surface area contributed by atoms with Crippen LogP contribution in [0.25, 0.3) is 0 Å². The van der Waals surface area contributed by atoms with E-state index in [2.05, 4.69) is 6.58 Å². The summed E-state index contributed by atoms with van der Waals surface area (Å²) >= 11 is 0. The Labute approximate surface area is 67.8 Å². The Balaban J connectivity index is 2.63. The van der Waals surface area contributed by atoms with Crippen LogP contribution in [0.15, 0.2) is 12.7 Å². The third-order valence-electron chi connectivity index (χ3n) is 1.77. The van der Waals surface area contributed by atoms with E-state index in [0.717, 1.165) is 12.8 Å². The van der Waals surface area contributed by atoms with Crippen molar-refractivity contribution in [3.05, 3.63) is 12.7 Å². The molecule has 0 spiro atoms. The van der Waals surface area contributed by atoms with Crippen LogP contribution >= 0.6 is 0 Å². The van der Waals surface area contributed by atoms with E-state index in [0.29, 0.717) is 6.54 Å². The second kappa shape index (κ2) is 2.95. The van der Waals surface area contributed by atoms with E-state index in [-0.39, 0.29) is 5.25 Å². The summed E-state index contributed by atoms with van der Waals surface area (Å²) in [6, 6.07) is 0. The quantitative estimate of drug-likeness (QED) is 0.587. The predicted molar refractivity (Wildman–Crippen MR) is 44.8 cm³/mol. The average Bonchev–Trinajstić information content (AvgIpc) is 2.68. The average molecular weight is 175 g/mol. The number of sulfonamides is 1. The van der Waals surface area contributed by atoms with Gasteiger partial charge in [-0.15, -0.1) is 6.58 Å². The third kappa shape index (κ3) is 1.81. The second-order valence-corrected chi connectivity index (χ2v) is 5.13. The van der Waals surface area contributed by atoms with Crippen LogP contribution in [0.2, 0.25) is 0 Å². The van der Waals surface area contributed by atoms with Gasteiger partial charge in [-0.3, -0.25) is 0 Å². The first-order valence-corrected chi connectivity index (χ1v) is 5.15. The SMILES string of the molecule is C=CCN(C)S(=O)(=O)C1CC1. The Hall–Kier alpha value is -0.350. The molecule has 0 radical (unpaired) electrons. The Morgan fingerprint density at radius 3 is 2.55 bits per heavy atom. The molecule has 0 atom stereocenters. The minimum atomic E-state index is -2.97. The highest BCUT2D eigenvalue weighted by Gasteiger charge is 2.37. The van der Waals surface area contributed by atoms with Gasteiger partial charge in [-0.2, -0.15) is 0 Å². The number of likely N-dealkylation sites (N-methyl/N-ethyl adjacent to an activating group) is 1. The molecular weight excluding hydrogens is 162 g/mol. The van der Waals surface area contributed by atoms with Gasteiger partial charge in [-0.25, -0.2) is 12.7 Å². The Morgan fingerprint density at radius 1 is 1.64 bits per heavy atom. The predicted octanol–water partition coefficient (Wildman–Crippen LogP) is 0.596. The molecule has 1 saturated carbocycles. The van der Waals surface area contributed by atoms with Crippen LogP contribution < -0.4 is 0 Å². The minimum absolute atomic E-state index is 0.104. The molecule has 1 rings (SSSR count). The summed E-state index contributed by atoms with van der Waals surface area (Å²) in [5.74, 6) is 0. The Bertz CT molecular complexity index is 241. The topological polar surface area (TPSA) is 37.4 Å². The van der Waals surface area contributed by atoms with Crippen molar-refractivity contribution in [1.82, 2.24) is 4.31 Å². The van der Waals surface area contributed by atoms with Crippen LogP contribution in [0.1, 0.15) is 12.8 Å². The first-order chi connectivity index (χ1) is 5.09. The van der Waals surface area contributed by atoms with Crippen molar-refractivity contribution in [2.45, 2.75) is 18.1 Å². The van der Waals surface area contributed by atoms with E-state index in [9.17, 15) is 8.42 Å². The smallest absolute Gasteiger partial charge is 0.212 e. The molecular formula is C7H13NO2S. The van der Waals surface area contributed by atoms with Crippen molar-refractivity contribution < 1.29 is 8.42 Å². The van der Waals surface area contributed by atoms with Gasteiger partial charge in [0.1, 0.15) is 0 Å². The molecule has 1 aliphatic rings. The summed E-state index contributed by atoms with van der Waals surface area (Å²) in [6.07, 6.45) is 3.24. The molecule has 0 aromatic carbocycles. The van der Waals surface area contributed by atoms with Gasteiger partial charge in [0, 0.05) is 13.6 Å². The maximum absolute atomic E-state index is 11.4. The molecule has 0 aromatic heterocycles. The van der Waals surface area contributed by atoms with Crippen LogP contribution in [0.3, 0.4) is 0 Å². The molecule has 0 aromatic rings. The van der Waals surface area contributed by atoms with Crippen LogP contribution in [0.5, 0.6) is 0 Å². The summed E-state index contributed by atoms with van der Waals surface area (Å²) in [6.45, 7) is 3.90. The molecule has 0 heterocycles. The highest BCUT2D eigenvalue weighted by molar-refractivity contribution is 7.90. The van der Waals surface area contributed by atoms with Gasteiger partial charge in [0.25, 0.3) is 0 Å². The van der Waals surface area contributed by atoms with Crippen LogP contribution in [0, 0.1) is 0 Å². The highest BCUT2D eigenvalue weighted by atomic mass is 32.2. The molecule has 1 aliphatic carbocycles. The normalized spacial score (nSPS) is 18.7. The van der Waals surface area contributed by atoms with Gasteiger partial charge in [-0.1, -0.05) is 6.08 Å². The van der Waals surface area contributed by atoms with E-state index in [1.165, 1.54) is 4.31 Å². The molecule has 1 fully saturated rings. The molecule has 0 aliphatic heterocycles. The summed E-state index contributed by atoms with van der Waals surface area (Å²) in [5, 5.41) is -0.104. The standard InChI is InChI=1S/C7H13NO2S/c1-3-6-8(2)11(9,10)7-4-5-7/h3,7H,1,4-6H2,2H3. The van der Waals surface area contributed by atoms with Gasteiger partial charge in [0.2, 0.25) is 10.0 Å². The van der Waals surface area contributed by atoms with E-state index in [4.69, 9.17) is 0 Å². The van der Waals surface area contributed by atoms with Crippen LogP contribution in [0.4, 0.5) is 0 Å². The molecule has 3 nitrogen and oxygen atoms in total. The molecule has 0 saturated heterocycles. The Kier molecular flexibility index (Phi) is 2.34. The third-order valence-corrected chi connectivity index (χ3v) is 4.10. The molecule has 11 heavy (non-hydrogen) atoms. The van der Waals surface area contributed by atoms with Crippen molar-refractivity contribution in [3.8, 4) is 0 Å². The molecule has 0 unspecified atom stereocenters. The lowest BCUT2D eigenvalue weighted by atomic mass is 10.6. The lowest BCUT2D eigenvalue weighted by Crippen LogP contribution is -2.29. The number of hydrogen-bond acceptors (Lipinski definition) is 2. The zero-order valence-corrected chi connectivity index (χ0v) is 7.47. The van der Waals surface area contributed by atoms with Gasteiger partial charge in [0.05, 0.1) is 5.25 Å². The fraction of sp³-hybridized carbons (Fsp3) is 0.714. The molecule has 0 N–H and O–H groups in total. The largest absolute Gasteiger partial charge is 0.217 e. The second-order valence-electron chi connectivity index (χ2n) is 2.81. The molecule has 0 bridgehead atoms. The summed E-state index contributed by atoms with van der Waals surface area (Å²) in [4.78, 5) is 0. The monoisotopic (exact) mass is 175 g/mol. The van der Waals surface area contributed by atoms with Crippen LogP contribution in [-0.4, -0.2) is 31.6 Å². The first-order valence-electron chi connectivity index (χ1n) is 3.65. The lowest BCUT2D eigenvalue weighted by molar-refractivity contribution is 0.498.